The number of nitrogens with one attached hydrogen (secondary N) is 1. The van der Waals surface area contributed by atoms with Crippen LogP contribution in [0, 0.1) is 0 Å². The van der Waals surface area contributed by atoms with Gasteiger partial charge >= 0.3 is 0 Å². The van der Waals surface area contributed by atoms with E-state index in [1.165, 1.54) is 4.31 Å². The molecule has 0 aliphatic carbocycles. The summed E-state index contributed by atoms with van der Waals surface area (Å²) < 4.78 is 37.7. The van der Waals surface area contributed by atoms with Gasteiger partial charge in [0, 0.05) is 37.1 Å². The lowest BCUT2D eigenvalue weighted by molar-refractivity contribution is -0.141. The number of anilines is 1. The van der Waals surface area contributed by atoms with Gasteiger partial charge in [-0.1, -0.05) is 44.0 Å². The summed E-state index contributed by atoms with van der Waals surface area (Å²) in [7, 11) is -3.63. The second kappa shape index (κ2) is 14.4. The number of carbonyl (C=O) groups excluding carboxylic acids is 2. The maximum atomic E-state index is 13.5. The van der Waals surface area contributed by atoms with Gasteiger partial charge in [0.15, 0.2) is 11.5 Å². The van der Waals surface area contributed by atoms with Crippen molar-refractivity contribution in [2.75, 3.05) is 36.9 Å². The van der Waals surface area contributed by atoms with E-state index in [-0.39, 0.29) is 37.7 Å². The molecule has 0 fully saturated rings. The summed E-state index contributed by atoms with van der Waals surface area (Å²) in [5, 5.41) is 3.53. The number of sulfonamides is 1. The highest BCUT2D eigenvalue weighted by atomic mass is 35.5. The summed E-state index contributed by atoms with van der Waals surface area (Å²) in [5.74, 6) is 0.632. The minimum absolute atomic E-state index is 0.0723. The Morgan fingerprint density at radius 2 is 1.72 bits per heavy atom. The van der Waals surface area contributed by atoms with E-state index < -0.39 is 16.1 Å². The van der Waals surface area contributed by atoms with Gasteiger partial charge in [0.2, 0.25) is 21.8 Å². The fourth-order valence-electron chi connectivity index (χ4n) is 4.40. The smallest absolute Gasteiger partial charge is 0.242 e. The van der Waals surface area contributed by atoms with Crippen molar-refractivity contribution in [2.24, 2.45) is 0 Å². The SMILES string of the molecule is CCCCNC(=O)C(CC)N(Cc1ccc(Cl)cc1)C(=O)CCCN(c1ccc2c(c1)OCCO2)S(C)(=O)=O. The van der Waals surface area contributed by atoms with Gasteiger partial charge in [0.1, 0.15) is 19.3 Å². The molecular weight excluding hydrogens is 542 g/mol. The fourth-order valence-corrected chi connectivity index (χ4v) is 5.49. The summed E-state index contributed by atoms with van der Waals surface area (Å²) >= 11 is 6.03. The molecule has 0 saturated carbocycles. The molecule has 0 radical (unpaired) electrons. The van der Waals surface area contributed by atoms with E-state index in [2.05, 4.69) is 5.32 Å². The zero-order valence-corrected chi connectivity index (χ0v) is 24.4. The van der Waals surface area contributed by atoms with Crippen LogP contribution in [0.2, 0.25) is 5.02 Å². The molecular formula is C28H38ClN3O6S. The van der Waals surface area contributed by atoms with Crippen LogP contribution in [0.5, 0.6) is 11.5 Å². The van der Waals surface area contributed by atoms with Crippen LogP contribution >= 0.6 is 11.6 Å². The maximum absolute atomic E-state index is 13.5. The van der Waals surface area contributed by atoms with Crippen molar-refractivity contribution in [2.45, 2.75) is 58.5 Å². The Kier molecular flexibility index (Phi) is 11.3. The van der Waals surface area contributed by atoms with Gasteiger partial charge in [-0.25, -0.2) is 8.42 Å². The van der Waals surface area contributed by atoms with Gasteiger partial charge in [0.05, 0.1) is 11.9 Å². The summed E-state index contributed by atoms with van der Waals surface area (Å²) in [6.07, 6.45) is 3.73. The molecule has 11 heteroatoms. The van der Waals surface area contributed by atoms with Crippen LogP contribution in [-0.2, 0) is 26.2 Å². The van der Waals surface area contributed by atoms with Crippen LogP contribution in [0.3, 0.4) is 0 Å². The second-order valence-corrected chi connectivity index (χ2v) is 11.8. The normalized spacial score (nSPS) is 13.4. The average Bonchev–Trinajstić information content (AvgIpc) is 2.91. The molecule has 1 aliphatic rings. The molecule has 0 saturated heterocycles. The molecule has 2 amide bonds. The van der Waals surface area contributed by atoms with Crippen molar-refractivity contribution in [1.82, 2.24) is 10.2 Å². The quantitative estimate of drug-likeness (QED) is 0.333. The number of ether oxygens (including phenoxy) is 2. The first-order valence-electron chi connectivity index (χ1n) is 13.3. The van der Waals surface area contributed by atoms with Crippen molar-refractivity contribution < 1.29 is 27.5 Å². The van der Waals surface area contributed by atoms with Gasteiger partial charge < -0.3 is 19.7 Å². The molecule has 1 aliphatic heterocycles. The number of nitrogens with zero attached hydrogens (tertiary/aromatic N) is 2. The Bertz CT molecular complexity index is 1220. The number of carbonyl (C=O) groups is 2. The van der Waals surface area contributed by atoms with E-state index in [0.717, 1.165) is 24.7 Å². The van der Waals surface area contributed by atoms with Gasteiger partial charge in [0.25, 0.3) is 0 Å². The van der Waals surface area contributed by atoms with E-state index in [9.17, 15) is 18.0 Å². The molecule has 1 atom stereocenters. The molecule has 1 N–H and O–H groups in total. The Hall–Kier alpha value is -2.98. The molecule has 2 aromatic carbocycles. The maximum Gasteiger partial charge on any atom is 0.242 e. The summed E-state index contributed by atoms with van der Waals surface area (Å²) in [6.45, 7) is 5.63. The van der Waals surface area contributed by atoms with E-state index in [1.807, 2.05) is 26.0 Å². The lowest BCUT2D eigenvalue weighted by Gasteiger charge is -2.31. The third-order valence-corrected chi connectivity index (χ3v) is 7.89. The van der Waals surface area contributed by atoms with Gasteiger partial charge in [-0.05, 0) is 49.1 Å². The summed E-state index contributed by atoms with van der Waals surface area (Å²) in [5.41, 5.74) is 1.29. The Morgan fingerprint density at radius 1 is 1.03 bits per heavy atom. The van der Waals surface area contributed by atoms with Crippen molar-refractivity contribution in [1.29, 1.82) is 0 Å². The van der Waals surface area contributed by atoms with Gasteiger partial charge in [-0.15, -0.1) is 0 Å². The van der Waals surface area contributed by atoms with E-state index in [1.54, 1.807) is 35.2 Å². The first-order chi connectivity index (χ1) is 18.6. The van der Waals surface area contributed by atoms with Gasteiger partial charge in [-0.2, -0.15) is 0 Å². The molecule has 3 rings (SSSR count). The molecule has 2 aromatic rings. The van der Waals surface area contributed by atoms with Crippen LogP contribution in [0.15, 0.2) is 42.5 Å². The monoisotopic (exact) mass is 579 g/mol. The summed E-state index contributed by atoms with van der Waals surface area (Å²) in [4.78, 5) is 28.1. The predicted octanol–water partition coefficient (Wildman–Crippen LogP) is 4.38. The number of hydrogen-bond acceptors (Lipinski definition) is 6. The van der Waals surface area contributed by atoms with Crippen LogP contribution in [0.25, 0.3) is 0 Å². The van der Waals surface area contributed by atoms with Crippen molar-refractivity contribution in [3.63, 3.8) is 0 Å². The fraction of sp³-hybridized carbons (Fsp3) is 0.500. The zero-order valence-electron chi connectivity index (χ0n) is 22.8. The van der Waals surface area contributed by atoms with Crippen LogP contribution in [0.1, 0.15) is 51.5 Å². The second-order valence-electron chi connectivity index (χ2n) is 9.48. The standard InChI is InChI=1S/C28H38ClN3O6S/c1-4-6-15-30-28(34)24(5-2)31(20-21-9-11-22(29)12-10-21)27(33)8-7-16-32(39(3,35)36)23-13-14-25-26(19-23)38-18-17-37-25/h9-14,19,24H,4-8,15-18,20H2,1-3H3,(H,30,34). The number of hydrogen-bond donors (Lipinski definition) is 1. The van der Waals surface area contributed by atoms with Crippen molar-refractivity contribution in [3.05, 3.63) is 53.1 Å². The van der Waals surface area contributed by atoms with E-state index in [0.29, 0.717) is 48.4 Å². The Morgan fingerprint density at radius 3 is 2.36 bits per heavy atom. The molecule has 1 unspecified atom stereocenters. The van der Waals surface area contributed by atoms with Crippen LogP contribution in [0.4, 0.5) is 5.69 Å². The number of halogens is 1. The number of rotatable bonds is 14. The third-order valence-electron chi connectivity index (χ3n) is 6.45. The van der Waals surface area contributed by atoms with Crippen molar-refractivity contribution >= 4 is 39.1 Å². The Labute approximate surface area is 236 Å². The average molecular weight is 580 g/mol. The van der Waals surface area contributed by atoms with Crippen molar-refractivity contribution in [3.8, 4) is 11.5 Å². The highest BCUT2D eigenvalue weighted by Crippen LogP contribution is 2.34. The third kappa shape index (κ3) is 8.76. The Balaban J connectivity index is 1.74. The number of benzene rings is 2. The highest BCUT2D eigenvalue weighted by molar-refractivity contribution is 7.92. The lowest BCUT2D eigenvalue weighted by Crippen LogP contribution is -2.49. The van der Waals surface area contributed by atoms with E-state index >= 15 is 0 Å². The largest absolute Gasteiger partial charge is 0.486 e. The molecule has 9 nitrogen and oxygen atoms in total. The highest BCUT2D eigenvalue weighted by Gasteiger charge is 2.29. The minimum Gasteiger partial charge on any atom is -0.486 e. The summed E-state index contributed by atoms with van der Waals surface area (Å²) in [6, 6.07) is 11.5. The van der Waals surface area contributed by atoms with Crippen LogP contribution < -0.4 is 19.1 Å². The molecule has 1 heterocycles. The first kappa shape index (κ1) is 30.6. The van der Waals surface area contributed by atoms with E-state index in [4.69, 9.17) is 21.1 Å². The first-order valence-corrected chi connectivity index (χ1v) is 15.6. The molecule has 0 aromatic heterocycles. The topological polar surface area (TPSA) is 105 Å². The minimum atomic E-state index is -3.63. The number of unbranched alkanes of at least 4 members (excludes halogenated alkanes) is 1. The number of amides is 2. The molecule has 0 spiro atoms. The molecule has 0 bridgehead atoms. The molecule has 214 valence electrons. The number of fused-ring (bicyclic) bond motifs is 1. The van der Waals surface area contributed by atoms with Gasteiger partial charge in [-0.3, -0.25) is 13.9 Å². The lowest BCUT2D eigenvalue weighted by atomic mass is 10.1. The predicted molar refractivity (Wildman–Crippen MR) is 153 cm³/mol. The van der Waals surface area contributed by atoms with Crippen LogP contribution in [-0.4, -0.2) is 63.7 Å². The molecule has 39 heavy (non-hydrogen) atoms. The zero-order chi connectivity index (χ0) is 28.4.